The molecule has 0 aliphatic carbocycles. The van der Waals surface area contributed by atoms with Gasteiger partial charge in [-0.2, -0.15) is 0 Å². The summed E-state index contributed by atoms with van der Waals surface area (Å²) in [7, 11) is 0. The maximum atomic E-state index is 11.4. The fourth-order valence-electron chi connectivity index (χ4n) is 3.43. The highest BCUT2D eigenvalue weighted by Crippen LogP contribution is 2.40. The molecule has 126 valence electrons. The van der Waals surface area contributed by atoms with Crippen molar-refractivity contribution in [3.8, 4) is 0 Å². The number of nitrogens with zero attached hydrogens (tertiary/aromatic N) is 1. The van der Waals surface area contributed by atoms with Crippen molar-refractivity contribution in [3.05, 3.63) is 80.9 Å². The molecule has 0 bridgehead atoms. The van der Waals surface area contributed by atoms with E-state index in [1.807, 2.05) is 36.4 Å². The highest BCUT2D eigenvalue weighted by atomic mass is 16.6. The number of ether oxygens (including phenoxy) is 1. The predicted molar refractivity (Wildman–Crippen MR) is 93.9 cm³/mol. The van der Waals surface area contributed by atoms with Crippen LogP contribution in [0.3, 0.4) is 0 Å². The van der Waals surface area contributed by atoms with E-state index in [2.05, 4.69) is 32.9 Å². The van der Waals surface area contributed by atoms with E-state index in [1.54, 1.807) is 0 Å². The van der Waals surface area contributed by atoms with Crippen molar-refractivity contribution >= 4 is 0 Å². The molecular weight excluding hydrogens is 302 g/mol. The number of fused-ring (bicyclic) bond motifs is 1. The molecule has 3 rings (SSSR count). The smallest absolute Gasteiger partial charge is 0.240 e. The van der Waals surface area contributed by atoms with E-state index >= 15 is 0 Å². The molecule has 1 aliphatic heterocycles. The molecule has 0 spiro atoms. The summed E-state index contributed by atoms with van der Waals surface area (Å²) in [5.74, 6) is 0. The lowest BCUT2D eigenvalue weighted by Gasteiger charge is -2.36. The SMILES string of the molecule is CC(C)(C)c1ccc(C2(C[N+](=O)[O-])OCCc3ccccc32)cc1. The van der Waals surface area contributed by atoms with Gasteiger partial charge in [0, 0.05) is 4.92 Å². The fourth-order valence-corrected chi connectivity index (χ4v) is 3.43. The molecule has 4 nitrogen and oxygen atoms in total. The minimum Gasteiger partial charge on any atom is -0.358 e. The van der Waals surface area contributed by atoms with E-state index in [-0.39, 0.29) is 16.9 Å². The van der Waals surface area contributed by atoms with Crippen molar-refractivity contribution in [2.24, 2.45) is 0 Å². The summed E-state index contributed by atoms with van der Waals surface area (Å²) in [6.45, 7) is 6.69. The number of benzene rings is 2. The molecule has 1 heterocycles. The van der Waals surface area contributed by atoms with Crippen molar-refractivity contribution in [1.82, 2.24) is 0 Å². The summed E-state index contributed by atoms with van der Waals surface area (Å²) in [5.41, 5.74) is 3.13. The molecule has 0 amide bonds. The Bertz CT molecular complexity index is 746. The van der Waals surface area contributed by atoms with Crippen LogP contribution in [0.25, 0.3) is 0 Å². The second-order valence-corrected chi connectivity index (χ2v) is 7.40. The van der Waals surface area contributed by atoms with Crippen molar-refractivity contribution < 1.29 is 9.66 Å². The van der Waals surface area contributed by atoms with Crippen LogP contribution in [0.15, 0.2) is 48.5 Å². The molecule has 2 aromatic rings. The monoisotopic (exact) mass is 325 g/mol. The lowest BCUT2D eigenvalue weighted by molar-refractivity contribution is -0.501. The Labute approximate surface area is 142 Å². The first-order valence-corrected chi connectivity index (χ1v) is 8.28. The molecule has 0 fully saturated rings. The lowest BCUT2D eigenvalue weighted by Crippen LogP contribution is -2.42. The van der Waals surface area contributed by atoms with Crippen LogP contribution >= 0.6 is 0 Å². The van der Waals surface area contributed by atoms with E-state index in [9.17, 15) is 10.1 Å². The Balaban J connectivity index is 2.13. The molecule has 24 heavy (non-hydrogen) atoms. The zero-order valence-electron chi connectivity index (χ0n) is 14.4. The van der Waals surface area contributed by atoms with Crippen LogP contribution in [-0.4, -0.2) is 18.1 Å². The highest BCUT2D eigenvalue weighted by Gasteiger charge is 2.44. The van der Waals surface area contributed by atoms with E-state index in [1.165, 1.54) is 5.56 Å². The molecule has 0 saturated carbocycles. The summed E-state index contributed by atoms with van der Waals surface area (Å²) < 4.78 is 6.07. The normalized spacial score (nSPS) is 20.5. The zero-order chi connectivity index (χ0) is 17.4. The topological polar surface area (TPSA) is 52.4 Å². The van der Waals surface area contributed by atoms with Gasteiger partial charge in [-0.25, -0.2) is 0 Å². The average molecular weight is 325 g/mol. The Hall–Kier alpha value is -2.20. The number of hydrogen-bond acceptors (Lipinski definition) is 3. The third kappa shape index (κ3) is 2.94. The van der Waals surface area contributed by atoms with Crippen molar-refractivity contribution in [3.63, 3.8) is 0 Å². The average Bonchev–Trinajstić information content (AvgIpc) is 2.54. The molecule has 4 heteroatoms. The maximum absolute atomic E-state index is 11.4. The van der Waals surface area contributed by atoms with Crippen LogP contribution in [0.2, 0.25) is 0 Å². The van der Waals surface area contributed by atoms with Gasteiger partial charge in [-0.3, -0.25) is 10.1 Å². The van der Waals surface area contributed by atoms with E-state index in [0.29, 0.717) is 6.61 Å². The molecule has 0 aromatic heterocycles. The van der Waals surface area contributed by atoms with Crippen LogP contribution in [0.1, 0.15) is 43.0 Å². The summed E-state index contributed by atoms with van der Waals surface area (Å²) in [6, 6.07) is 16.0. The minimum absolute atomic E-state index is 0.0418. The van der Waals surface area contributed by atoms with E-state index in [0.717, 1.165) is 23.1 Å². The van der Waals surface area contributed by atoms with Gasteiger partial charge in [-0.05, 0) is 34.1 Å². The van der Waals surface area contributed by atoms with E-state index < -0.39 is 5.60 Å². The maximum Gasteiger partial charge on any atom is 0.240 e. The summed E-state index contributed by atoms with van der Waals surface area (Å²) in [4.78, 5) is 11.1. The van der Waals surface area contributed by atoms with Gasteiger partial charge in [-0.15, -0.1) is 0 Å². The Morgan fingerprint density at radius 3 is 2.42 bits per heavy atom. The first-order chi connectivity index (χ1) is 11.3. The second kappa shape index (κ2) is 6.02. The number of nitro groups is 1. The third-order valence-corrected chi connectivity index (χ3v) is 4.74. The molecule has 1 unspecified atom stereocenters. The summed E-state index contributed by atoms with van der Waals surface area (Å²) >= 11 is 0. The van der Waals surface area contributed by atoms with Crippen LogP contribution < -0.4 is 0 Å². The molecule has 0 N–H and O–H groups in total. The summed E-state index contributed by atoms with van der Waals surface area (Å²) in [5, 5.41) is 11.4. The van der Waals surface area contributed by atoms with Crippen molar-refractivity contribution in [2.75, 3.05) is 13.2 Å². The van der Waals surface area contributed by atoms with Crippen LogP contribution in [0.5, 0.6) is 0 Å². The fraction of sp³-hybridized carbons (Fsp3) is 0.400. The first-order valence-electron chi connectivity index (χ1n) is 8.28. The van der Waals surface area contributed by atoms with Crippen molar-refractivity contribution in [2.45, 2.75) is 38.2 Å². The van der Waals surface area contributed by atoms with E-state index in [4.69, 9.17) is 4.74 Å². The number of rotatable bonds is 3. The Morgan fingerprint density at radius 2 is 1.79 bits per heavy atom. The van der Waals surface area contributed by atoms with Gasteiger partial charge >= 0.3 is 0 Å². The van der Waals surface area contributed by atoms with Gasteiger partial charge in [0.05, 0.1) is 6.61 Å². The highest BCUT2D eigenvalue weighted by molar-refractivity contribution is 5.44. The molecule has 2 aromatic carbocycles. The van der Waals surface area contributed by atoms with Gasteiger partial charge in [-0.1, -0.05) is 69.3 Å². The molecular formula is C20H23NO3. The standard InChI is InChI=1S/C20H23NO3/c1-19(2,3)16-8-10-17(11-9-16)20(14-21(22)23)18-7-5-4-6-15(18)12-13-24-20/h4-11H,12-14H2,1-3H3. The van der Waals surface area contributed by atoms with Gasteiger partial charge in [0.25, 0.3) is 0 Å². The second-order valence-electron chi connectivity index (χ2n) is 7.40. The van der Waals surface area contributed by atoms with Crippen LogP contribution in [-0.2, 0) is 22.2 Å². The van der Waals surface area contributed by atoms with Gasteiger partial charge in [0.1, 0.15) is 0 Å². The molecule has 1 aliphatic rings. The Morgan fingerprint density at radius 1 is 1.12 bits per heavy atom. The number of hydrogen-bond donors (Lipinski definition) is 0. The molecule has 1 atom stereocenters. The van der Waals surface area contributed by atoms with Crippen LogP contribution in [0.4, 0.5) is 0 Å². The minimum atomic E-state index is -1.01. The lowest BCUT2D eigenvalue weighted by atomic mass is 9.79. The molecule has 0 saturated heterocycles. The van der Waals surface area contributed by atoms with Gasteiger partial charge in [0.15, 0.2) is 5.60 Å². The third-order valence-electron chi connectivity index (χ3n) is 4.74. The first kappa shape index (κ1) is 16.7. The zero-order valence-corrected chi connectivity index (χ0v) is 14.4. The molecule has 0 radical (unpaired) electrons. The van der Waals surface area contributed by atoms with Gasteiger partial charge in [0.2, 0.25) is 6.54 Å². The predicted octanol–water partition coefficient (Wildman–Crippen LogP) is 4.08. The largest absolute Gasteiger partial charge is 0.358 e. The van der Waals surface area contributed by atoms with Crippen LogP contribution in [0, 0.1) is 10.1 Å². The van der Waals surface area contributed by atoms with Crippen molar-refractivity contribution in [1.29, 1.82) is 0 Å². The summed E-state index contributed by atoms with van der Waals surface area (Å²) in [6.07, 6.45) is 0.787. The van der Waals surface area contributed by atoms with Gasteiger partial charge < -0.3 is 4.74 Å². The Kier molecular flexibility index (Phi) is 4.18. The quantitative estimate of drug-likeness (QED) is 0.631.